The molecule has 4 nitrogen and oxygen atoms in total. The van der Waals surface area contributed by atoms with E-state index in [-0.39, 0.29) is 18.1 Å². The van der Waals surface area contributed by atoms with Gasteiger partial charge in [-0.2, -0.15) is 0 Å². The number of carbonyl (C=O) groups excluding carboxylic acids is 1. The molecule has 0 bridgehead atoms. The van der Waals surface area contributed by atoms with Crippen molar-refractivity contribution in [3.8, 4) is 11.1 Å². The van der Waals surface area contributed by atoms with Crippen LogP contribution in [0.25, 0.3) is 11.1 Å². The number of hydrogen-bond donors (Lipinski definition) is 1. The van der Waals surface area contributed by atoms with Gasteiger partial charge in [0.25, 0.3) is 0 Å². The molecule has 2 aromatic rings. The van der Waals surface area contributed by atoms with Gasteiger partial charge in [-0.3, -0.25) is 9.69 Å². The number of rotatable bonds is 4. The first kappa shape index (κ1) is 16.7. The maximum absolute atomic E-state index is 12.3. The summed E-state index contributed by atoms with van der Waals surface area (Å²) in [6.07, 6.45) is 0.346. The van der Waals surface area contributed by atoms with E-state index in [9.17, 15) is 4.79 Å². The largest absolute Gasteiger partial charge is 0.373 e. The van der Waals surface area contributed by atoms with Crippen LogP contribution in [0.5, 0.6) is 0 Å². The number of ether oxygens (including phenoxy) is 1. The van der Waals surface area contributed by atoms with Crippen molar-refractivity contribution in [3.63, 3.8) is 0 Å². The van der Waals surface area contributed by atoms with Gasteiger partial charge < -0.3 is 10.1 Å². The second-order valence-corrected chi connectivity index (χ2v) is 6.44. The number of amides is 1. The van der Waals surface area contributed by atoms with Crippen molar-refractivity contribution in [3.05, 3.63) is 54.6 Å². The fourth-order valence-electron chi connectivity index (χ4n) is 3.19. The van der Waals surface area contributed by atoms with Crippen LogP contribution in [0.3, 0.4) is 0 Å². The summed E-state index contributed by atoms with van der Waals surface area (Å²) in [5.41, 5.74) is 3.14. The quantitative estimate of drug-likeness (QED) is 0.937. The molecule has 0 radical (unpaired) electrons. The smallest absolute Gasteiger partial charge is 0.238 e. The summed E-state index contributed by atoms with van der Waals surface area (Å²) in [7, 11) is 0. The minimum atomic E-state index is 0.0174. The van der Waals surface area contributed by atoms with Crippen LogP contribution in [0.1, 0.15) is 13.8 Å². The van der Waals surface area contributed by atoms with E-state index in [0.29, 0.717) is 6.54 Å². The number of morpholine rings is 1. The van der Waals surface area contributed by atoms with Crippen LogP contribution in [0.15, 0.2) is 54.6 Å². The Kier molecular flexibility index (Phi) is 5.28. The number of benzene rings is 2. The van der Waals surface area contributed by atoms with Gasteiger partial charge in [0.05, 0.1) is 18.8 Å². The lowest BCUT2D eigenvalue weighted by Crippen LogP contribution is -2.48. The molecule has 0 spiro atoms. The Morgan fingerprint density at radius 2 is 1.58 bits per heavy atom. The van der Waals surface area contributed by atoms with Crippen LogP contribution in [-0.2, 0) is 9.53 Å². The van der Waals surface area contributed by atoms with E-state index in [4.69, 9.17) is 4.74 Å². The van der Waals surface area contributed by atoms with Gasteiger partial charge in [-0.25, -0.2) is 0 Å². The van der Waals surface area contributed by atoms with Crippen LogP contribution in [0.4, 0.5) is 5.69 Å². The number of nitrogens with zero attached hydrogens (tertiary/aromatic N) is 1. The third-order valence-corrected chi connectivity index (χ3v) is 4.14. The lowest BCUT2D eigenvalue weighted by Gasteiger charge is -2.34. The molecule has 1 N–H and O–H groups in total. The number of anilines is 1. The van der Waals surface area contributed by atoms with Crippen molar-refractivity contribution in [1.29, 1.82) is 0 Å². The Morgan fingerprint density at radius 1 is 1.00 bits per heavy atom. The summed E-state index contributed by atoms with van der Waals surface area (Å²) in [6.45, 7) is 6.08. The van der Waals surface area contributed by atoms with Crippen molar-refractivity contribution < 1.29 is 9.53 Å². The lowest BCUT2D eigenvalue weighted by molar-refractivity contribution is -0.121. The molecule has 0 saturated carbocycles. The van der Waals surface area contributed by atoms with Crippen LogP contribution >= 0.6 is 0 Å². The molecule has 126 valence electrons. The van der Waals surface area contributed by atoms with Crippen LogP contribution in [-0.4, -0.2) is 42.6 Å². The highest BCUT2D eigenvalue weighted by molar-refractivity contribution is 5.92. The molecule has 1 fully saturated rings. The average molecular weight is 324 g/mol. The van der Waals surface area contributed by atoms with Gasteiger partial charge in [-0.1, -0.05) is 42.5 Å². The topological polar surface area (TPSA) is 41.6 Å². The van der Waals surface area contributed by atoms with Gasteiger partial charge in [-0.15, -0.1) is 0 Å². The molecule has 1 saturated heterocycles. The second-order valence-electron chi connectivity index (χ2n) is 6.44. The van der Waals surface area contributed by atoms with Gasteiger partial charge in [-0.05, 0) is 37.1 Å². The zero-order valence-corrected chi connectivity index (χ0v) is 14.2. The van der Waals surface area contributed by atoms with E-state index in [1.165, 1.54) is 5.56 Å². The standard InChI is InChI=1S/C20H24N2O2/c1-15-12-22(13-16(2)24-15)14-20(23)21-19-10-8-18(9-11-19)17-6-4-3-5-7-17/h3-11,15-16H,12-14H2,1-2H3,(H,21,23)/t15-,16-/m1/s1. The Labute approximate surface area is 143 Å². The number of carbonyl (C=O) groups is 1. The molecule has 1 aliphatic heterocycles. The molecular weight excluding hydrogens is 300 g/mol. The molecule has 0 unspecified atom stereocenters. The molecule has 1 aliphatic rings. The summed E-state index contributed by atoms with van der Waals surface area (Å²) < 4.78 is 5.70. The number of nitrogens with one attached hydrogen (secondary N) is 1. The number of hydrogen-bond acceptors (Lipinski definition) is 3. The van der Waals surface area contributed by atoms with Crippen molar-refractivity contribution in [2.45, 2.75) is 26.1 Å². The highest BCUT2D eigenvalue weighted by Crippen LogP contribution is 2.21. The fourth-order valence-corrected chi connectivity index (χ4v) is 3.19. The summed E-state index contributed by atoms with van der Waals surface area (Å²) >= 11 is 0. The minimum Gasteiger partial charge on any atom is -0.373 e. The maximum atomic E-state index is 12.3. The summed E-state index contributed by atoms with van der Waals surface area (Å²) in [5.74, 6) is 0.0174. The molecule has 3 rings (SSSR count). The van der Waals surface area contributed by atoms with E-state index < -0.39 is 0 Å². The SMILES string of the molecule is C[C@@H]1CN(CC(=O)Nc2ccc(-c3ccccc3)cc2)C[C@@H](C)O1. The lowest BCUT2D eigenvalue weighted by atomic mass is 10.1. The highest BCUT2D eigenvalue weighted by atomic mass is 16.5. The molecule has 2 atom stereocenters. The normalized spacial score (nSPS) is 21.4. The highest BCUT2D eigenvalue weighted by Gasteiger charge is 2.23. The van der Waals surface area contributed by atoms with Gasteiger partial charge in [0.15, 0.2) is 0 Å². The van der Waals surface area contributed by atoms with Gasteiger partial charge in [0, 0.05) is 18.8 Å². The van der Waals surface area contributed by atoms with Gasteiger partial charge in [0.1, 0.15) is 0 Å². The second kappa shape index (κ2) is 7.60. The van der Waals surface area contributed by atoms with Gasteiger partial charge in [0.2, 0.25) is 5.91 Å². The molecule has 0 aliphatic carbocycles. The zero-order chi connectivity index (χ0) is 16.9. The third kappa shape index (κ3) is 4.43. The van der Waals surface area contributed by atoms with Crippen molar-refractivity contribution in [2.24, 2.45) is 0 Å². The summed E-state index contributed by atoms with van der Waals surface area (Å²) in [5, 5.41) is 2.98. The first-order valence-electron chi connectivity index (χ1n) is 8.43. The molecule has 24 heavy (non-hydrogen) atoms. The first-order valence-corrected chi connectivity index (χ1v) is 8.43. The Hall–Kier alpha value is -2.17. The predicted molar refractivity (Wildman–Crippen MR) is 97.0 cm³/mol. The molecule has 1 amide bonds. The fraction of sp³-hybridized carbons (Fsp3) is 0.350. The van der Waals surface area contributed by atoms with E-state index in [1.54, 1.807) is 0 Å². The van der Waals surface area contributed by atoms with Crippen LogP contribution < -0.4 is 5.32 Å². The van der Waals surface area contributed by atoms with Crippen molar-refractivity contribution >= 4 is 11.6 Å². The zero-order valence-electron chi connectivity index (χ0n) is 14.2. The Balaban J connectivity index is 1.57. The van der Waals surface area contributed by atoms with Gasteiger partial charge >= 0.3 is 0 Å². The Morgan fingerprint density at radius 3 is 2.21 bits per heavy atom. The van der Waals surface area contributed by atoms with E-state index >= 15 is 0 Å². The molecule has 2 aromatic carbocycles. The average Bonchev–Trinajstić information content (AvgIpc) is 2.55. The molecular formula is C20H24N2O2. The minimum absolute atomic E-state index is 0.0174. The maximum Gasteiger partial charge on any atom is 0.238 e. The molecule has 1 heterocycles. The van der Waals surface area contributed by atoms with Crippen LogP contribution in [0, 0.1) is 0 Å². The van der Waals surface area contributed by atoms with Crippen LogP contribution in [0.2, 0.25) is 0 Å². The first-order chi connectivity index (χ1) is 11.6. The van der Waals surface area contributed by atoms with E-state index in [2.05, 4.69) is 22.3 Å². The summed E-state index contributed by atoms with van der Waals surface area (Å²) in [4.78, 5) is 14.4. The van der Waals surface area contributed by atoms with Crippen molar-refractivity contribution in [1.82, 2.24) is 4.90 Å². The summed E-state index contributed by atoms with van der Waals surface area (Å²) in [6, 6.07) is 18.2. The molecule has 0 aromatic heterocycles. The van der Waals surface area contributed by atoms with Crippen molar-refractivity contribution in [2.75, 3.05) is 25.0 Å². The van der Waals surface area contributed by atoms with E-state index in [1.807, 2.05) is 56.3 Å². The molecule has 4 heteroatoms. The monoisotopic (exact) mass is 324 g/mol. The predicted octanol–water partition coefficient (Wildman–Crippen LogP) is 3.40. The Bertz CT molecular complexity index is 660. The third-order valence-electron chi connectivity index (χ3n) is 4.14. The van der Waals surface area contributed by atoms with E-state index in [0.717, 1.165) is 24.3 Å².